The van der Waals surface area contributed by atoms with Crippen molar-refractivity contribution in [2.75, 3.05) is 52.9 Å². The van der Waals surface area contributed by atoms with E-state index >= 15 is 0 Å². The first-order valence-corrected chi connectivity index (χ1v) is 6.21. The maximum atomic E-state index is 9.03. The summed E-state index contributed by atoms with van der Waals surface area (Å²) >= 11 is 0. The Labute approximate surface area is 132 Å². The molecule has 0 radical (unpaired) electrons. The molecule has 23 heavy (non-hydrogen) atoms. The Morgan fingerprint density at radius 2 is 0.826 bits per heavy atom. The minimum Gasteiger partial charge on any atom is -0.396 e. The largest absolute Gasteiger partial charge is 0.396 e. The van der Waals surface area contributed by atoms with E-state index in [1.807, 2.05) is 0 Å². The Balaban J connectivity index is -0.000000573. The van der Waals surface area contributed by atoms with E-state index in [1.165, 1.54) is 0 Å². The molecule has 0 saturated heterocycles. The van der Waals surface area contributed by atoms with E-state index in [4.69, 9.17) is 55.8 Å². The Hall–Kier alpha value is -1.52. The van der Waals surface area contributed by atoms with E-state index in [2.05, 4.69) is 0 Å². The van der Waals surface area contributed by atoms with Gasteiger partial charge in [0.1, 0.15) is 0 Å². The Morgan fingerprint density at radius 1 is 0.652 bits per heavy atom. The molecule has 0 atom stereocenters. The summed E-state index contributed by atoms with van der Waals surface area (Å²) in [6.45, 7) is -3.01. The van der Waals surface area contributed by atoms with Gasteiger partial charge in [0.05, 0.1) is 63.7 Å². The zero-order valence-corrected chi connectivity index (χ0v) is 12.6. The Morgan fingerprint density at radius 3 is 0.957 bits per heavy atom. The third-order valence-electron chi connectivity index (χ3n) is 2.83. The lowest BCUT2D eigenvalue weighted by molar-refractivity contribution is -0.103. The van der Waals surface area contributed by atoms with Gasteiger partial charge >= 0.3 is 0 Å². The first-order valence-electron chi connectivity index (χ1n) is 6.21. The van der Waals surface area contributed by atoms with Gasteiger partial charge in [-0.25, -0.2) is 20.4 Å². The summed E-state index contributed by atoms with van der Waals surface area (Å²) in [6.07, 6.45) is 1.50. The van der Waals surface area contributed by atoms with Crippen molar-refractivity contribution in [3.05, 3.63) is 0 Å². The van der Waals surface area contributed by atoms with Crippen molar-refractivity contribution in [3.63, 3.8) is 0 Å². The highest BCUT2D eigenvalue weighted by Crippen LogP contribution is 2.19. The number of hydrogen-bond acceptors (Lipinski definition) is 11. The first-order chi connectivity index (χ1) is 10.9. The third kappa shape index (κ3) is 11.7. The molecule has 11 heteroatoms. The second-order valence-electron chi connectivity index (χ2n) is 4.65. The summed E-state index contributed by atoms with van der Waals surface area (Å²) < 4.78 is 5.15. The topological polar surface area (TPSA) is 212 Å². The zero-order valence-electron chi connectivity index (χ0n) is 12.6. The van der Waals surface area contributed by atoms with Gasteiger partial charge in [-0.1, -0.05) is 0 Å². The van der Waals surface area contributed by atoms with Gasteiger partial charge in [0, 0.05) is 0 Å². The number of rotatable bonds is 10. The third-order valence-corrected chi connectivity index (χ3v) is 2.83. The number of nitrogens with one attached hydrogen (secondary N) is 2. The van der Waals surface area contributed by atoms with Crippen LogP contribution in [0.3, 0.4) is 0 Å². The van der Waals surface area contributed by atoms with Crippen molar-refractivity contribution in [1.29, 1.82) is 10.8 Å². The molecular weight excluding hydrogens is 316 g/mol. The highest BCUT2D eigenvalue weighted by Gasteiger charge is 2.32. The lowest BCUT2D eigenvalue weighted by Gasteiger charge is -2.31. The van der Waals surface area contributed by atoms with Crippen LogP contribution >= 0.6 is 0 Å². The minimum absolute atomic E-state index is 0.141. The summed E-state index contributed by atoms with van der Waals surface area (Å²) in [5.74, 6) is 0. The molecule has 0 aliphatic heterocycles. The lowest BCUT2D eigenvalue weighted by Crippen LogP contribution is -2.43. The van der Waals surface area contributed by atoms with Crippen molar-refractivity contribution in [3.8, 4) is 0 Å². The molecule has 11 nitrogen and oxygen atoms in total. The maximum absolute atomic E-state index is 9.03. The molecule has 0 rings (SSSR count). The average Bonchev–Trinajstić information content (AvgIpc) is 2.58. The van der Waals surface area contributed by atoms with Crippen LogP contribution in [-0.2, 0) is 14.3 Å². The van der Waals surface area contributed by atoms with Gasteiger partial charge in [-0.05, 0) is 0 Å². The fraction of sp³-hybridized carbons (Fsp3) is 0.833. The fourth-order valence-corrected chi connectivity index (χ4v) is 1.06. The molecule has 0 aliphatic carbocycles. The summed E-state index contributed by atoms with van der Waals surface area (Å²) in [7, 11) is 0. The second-order valence-corrected chi connectivity index (χ2v) is 4.65. The van der Waals surface area contributed by atoms with Crippen LogP contribution in [0, 0.1) is 21.6 Å². The summed E-state index contributed by atoms with van der Waals surface area (Å²) in [4.78, 5) is 16.7. The highest BCUT2D eigenvalue weighted by molar-refractivity contribution is 5.26. The molecule has 0 aromatic heterocycles. The smallest absolute Gasteiger partial charge is 0.231 e. The predicted molar refractivity (Wildman–Crippen MR) is 75.0 cm³/mol. The summed E-state index contributed by atoms with van der Waals surface area (Å²) in [6, 6.07) is 0. The van der Waals surface area contributed by atoms with Crippen LogP contribution in [0.2, 0.25) is 0 Å². The normalized spacial score (nSPS) is 10.3. The number of isocyanates is 2. The molecule has 8 N–H and O–H groups in total. The van der Waals surface area contributed by atoms with E-state index in [1.54, 1.807) is 0 Å². The van der Waals surface area contributed by atoms with E-state index in [0.717, 1.165) is 12.2 Å². The SMILES string of the molecule is N=C=O.N=C=O.OCC(CO)(CO)COCC(CO)(CO)CO. The summed E-state index contributed by atoms with van der Waals surface area (Å²) in [5.41, 5.74) is -2.32. The quantitative estimate of drug-likeness (QED) is 0.148. The van der Waals surface area contributed by atoms with E-state index in [0.29, 0.717) is 0 Å². The van der Waals surface area contributed by atoms with Crippen LogP contribution in [0.15, 0.2) is 0 Å². The molecule has 0 fully saturated rings. The second kappa shape index (κ2) is 16.8. The first kappa shape index (κ1) is 26.4. The monoisotopic (exact) mass is 340 g/mol. The molecule has 0 unspecified atom stereocenters. The number of hydrogen-bond donors (Lipinski definition) is 8. The van der Waals surface area contributed by atoms with Gasteiger partial charge in [-0.3, -0.25) is 0 Å². The van der Waals surface area contributed by atoms with Crippen molar-refractivity contribution >= 4 is 12.2 Å². The number of aliphatic hydroxyl groups is 6. The van der Waals surface area contributed by atoms with Gasteiger partial charge in [0.2, 0.25) is 12.2 Å². The van der Waals surface area contributed by atoms with Crippen LogP contribution in [-0.4, -0.2) is 95.7 Å². The lowest BCUT2D eigenvalue weighted by atomic mass is 9.91. The molecule has 0 aromatic rings. The molecule has 0 amide bonds. The van der Waals surface area contributed by atoms with Crippen molar-refractivity contribution < 1.29 is 45.0 Å². The molecular formula is C12H24N2O9. The van der Waals surface area contributed by atoms with Gasteiger partial charge in [0.15, 0.2) is 0 Å². The molecule has 0 bridgehead atoms. The molecule has 0 aliphatic rings. The van der Waals surface area contributed by atoms with Gasteiger partial charge in [-0.2, -0.15) is 0 Å². The van der Waals surface area contributed by atoms with Crippen LogP contribution in [0.4, 0.5) is 0 Å². The zero-order chi connectivity index (χ0) is 18.8. The minimum atomic E-state index is -1.16. The fourth-order valence-electron chi connectivity index (χ4n) is 1.06. The summed E-state index contributed by atoms with van der Waals surface area (Å²) in [5, 5.41) is 65.0. The van der Waals surface area contributed by atoms with Crippen LogP contribution < -0.4 is 0 Å². The average molecular weight is 340 g/mol. The molecule has 0 spiro atoms. The highest BCUT2D eigenvalue weighted by atomic mass is 16.5. The molecule has 0 aromatic carbocycles. The standard InChI is InChI=1S/C10H22O7.2CHNO/c11-1-9(2-12,3-13)7-17-8-10(4-14,5-15)6-16;2*2-1-3/h11-16H,1-8H2;2*2H. The molecule has 0 heterocycles. The Kier molecular flexibility index (Phi) is 19.3. The van der Waals surface area contributed by atoms with E-state index < -0.39 is 50.5 Å². The van der Waals surface area contributed by atoms with Crippen LogP contribution in [0.25, 0.3) is 0 Å². The van der Waals surface area contributed by atoms with Crippen molar-refractivity contribution in [2.45, 2.75) is 0 Å². The van der Waals surface area contributed by atoms with Crippen molar-refractivity contribution in [2.24, 2.45) is 10.8 Å². The Bertz CT molecular complexity index is 283. The van der Waals surface area contributed by atoms with Crippen molar-refractivity contribution in [1.82, 2.24) is 0 Å². The van der Waals surface area contributed by atoms with Gasteiger partial charge in [0.25, 0.3) is 0 Å². The number of carbonyl (C=O) groups excluding carboxylic acids is 2. The predicted octanol–water partition coefficient (Wildman–Crippen LogP) is -3.27. The molecule has 0 saturated carbocycles. The van der Waals surface area contributed by atoms with E-state index in [9.17, 15) is 0 Å². The maximum Gasteiger partial charge on any atom is 0.231 e. The number of ether oxygens (including phenoxy) is 1. The van der Waals surface area contributed by atoms with E-state index in [-0.39, 0.29) is 13.2 Å². The van der Waals surface area contributed by atoms with Crippen LogP contribution in [0.5, 0.6) is 0 Å². The van der Waals surface area contributed by atoms with Gasteiger partial charge < -0.3 is 35.4 Å². The van der Waals surface area contributed by atoms with Gasteiger partial charge in [-0.15, -0.1) is 0 Å². The van der Waals surface area contributed by atoms with Crippen LogP contribution in [0.1, 0.15) is 0 Å². The number of aliphatic hydroxyl groups excluding tert-OH is 6. The molecule has 136 valence electrons.